The highest BCUT2D eigenvalue weighted by atomic mass is 35.5. The minimum Gasteiger partial charge on any atom is -1.00 e. The molecule has 0 amide bonds. The van der Waals surface area contributed by atoms with Gasteiger partial charge in [0.2, 0.25) is 6.29 Å². The molecule has 380 valence electrons. The molecule has 12 nitrogen and oxygen atoms in total. The number of hydrogen-bond donors (Lipinski definition) is 1. The van der Waals surface area contributed by atoms with Gasteiger partial charge in [0.05, 0.1) is 38.7 Å². The number of phosphoric ester groups is 1. The average Bonchev–Trinajstić information content (AvgIpc) is 3.27. The Labute approximate surface area is 398 Å². The molecule has 64 heavy (non-hydrogen) atoms. The summed E-state index contributed by atoms with van der Waals surface area (Å²) in [5.41, 5.74) is 0. The van der Waals surface area contributed by atoms with E-state index in [2.05, 4.69) is 34.6 Å². The third-order valence-electron chi connectivity index (χ3n) is 12.5. The molecular formula is C50H98ClN2O10P. The van der Waals surface area contributed by atoms with Crippen LogP contribution in [0.2, 0.25) is 0 Å². The van der Waals surface area contributed by atoms with Crippen molar-refractivity contribution in [3.63, 3.8) is 0 Å². The van der Waals surface area contributed by atoms with Crippen LogP contribution in [0.15, 0.2) is 0 Å². The number of unbranched alkanes of at least 4 members (excludes halogenated alkanes) is 28. The number of rotatable bonds is 49. The number of halogens is 1. The SMILES string of the molecule is CCCCCCCCCCCCCCCCCC(=O)OCC(COC(CC#N)OOP(=O)(O)OCC[N+](CC)(CC)CC)OC(=O)CCCCCCCCCCCCCCCCC.[Cl-]. The lowest BCUT2D eigenvalue weighted by molar-refractivity contribution is -0.923. The third-order valence-corrected chi connectivity index (χ3v) is 13.3. The number of carbonyl (C=O) groups excluding carboxylic acids is 2. The summed E-state index contributed by atoms with van der Waals surface area (Å²) < 4.78 is 40.1. The van der Waals surface area contributed by atoms with Gasteiger partial charge in [0, 0.05) is 12.8 Å². The summed E-state index contributed by atoms with van der Waals surface area (Å²) in [5, 5.41) is 9.37. The van der Waals surface area contributed by atoms with Crippen LogP contribution in [0.4, 0.5) is 0 Å². The maximum atomic E-state index is 12.9. The van der Waals surface area contributed by atoms with E-state index in [0.717, 1.165) is 58.2 Å². The minimum absolute atomic E-state index is 0. The predicted octanol–water partition coefficient (Wildman–Crippen LogP) is 11.2. The maximum Gasteiger partial charge on any atom is 0.499 e. The molecule has 0 saturated carbocycles. The van der Waals surface area contributed by atoms with E-state index in [4.69, 9.17) is 28.3 Å². The molecule has 0 fully saturated rings. The highest BCUT2D eigenvalue weighted by Crippen LogP contribution is 2.44. The van der Waals surface area contributed by atoms with Crippen molar-refractivity contribution < 1.29 is 64.2 Å². The second-order valence-electron chi connectivity index (χ2n) is 17.8. The Bertz CT molecular complexity index is 1130. The van der Waals surface area contributed by atoms with E-state index in [9.17, 15) is 24.3 Å². The predicted molar refractivity (Wildman–Crippen MR) is 255 cm³/mol. The Hall–Kier alpha value is -1.29. The molecule has 14 heteroatoms. The molecule has 0 radical (unpaired) electrons. The molecule has 3 atom stereocenters. The molecule has 0 bridgehead atoms. The van der Waals surface area contributed by atoms with Crippen molar-refractivity contribution in [1.82, 2.24) is 0 Å². The summed E-state index contributed by atoms with van der Waals surface area (Å²) >= 11 is 0. The van der Waals surface area contributed by atoms with E-state index >= 15 is 0 Å². The quantitative estimate of drug-likeness (QED) is 0.0118. The van der Waals surface area contributed by atoms with Crippen LogP contribution in [0.1, 0.15) is 247 Å². The Morgan fingerprint density at radius 1 is 0.578 bits per heavy atom. The van der Waals surface area contributed by atoms with E-state index in [1.807, 2.05) is 6.07 Å². The summed E-state index contributed by atoms with van der Waals surface area (Å²) in [5.74, 6) is -0.809. The largest absolute Gasteiger partial charge is 1.00 e. The van der Waals surface area contributed by atoms with E-state index in [1.165, 1.54) is 148 Å². The van der Waals surface area contributed by atoms with E-state index in [0.29, 0.717) is 17.4 Å². The fourth-order valence-corrected chi connectivity index (χ4v) is 8.49. The Kier molecular flexibility index (Phi) is 47.4. The van der Waals surface area contributed by atoms with Crippen molar-refractivity contribution in [2.45, 2.75) is 259 Å². The molecule has 0 aromatic carbocycles. The number of ether oxygens (including phenoxy) is 3. The van der Waals surface area contributed by atoms with Crippen molar-refractivity contribution in [3.8, 4) is 6.07 Å². The molecule has 3 unspecified atom stereocenters. The first-order chi connectivity index (χ1) is 30.6. The van der Waals surface area contributed by atoms with Gasteiger partial charge < -0.3 is 36.0 Å². The number of phosphoric acid groups is 1. The monoisotopic (exact) mass is 953 g/mol. The number of hydrogen-bond acceptors (Lipinski definition) is 10. The molecule has 0 aliphatic heterocycles. The zero-order chi connectivity index (χ0) is 46.5. The molecule has 0 spiro atoms. The maximum absolute atomic E-state index is 12.9. The summed E-state index contributed by atoms with van der Waals surface area (Å²) in [7, 11) is -4.63. The van der Waals surface area contributed by atoms with Gasteiger partial charge in [-0.05, 0) is 33.6 Å². The van der Waals surface area contributed by atoms with Gasteiger partial charge in [-0.1, -0.05) is 194 Å². The molecule has 0 heterocycles. The molecule has 0 rings (SSSR count). The number of nitrogens with zero attached hydrogens (tertiary/aromatic N) is 2. The van der Waals surface area contributed by atoms with Crippen LogP contribution in [0.3, 0.4) is 0 Å². The van der Waals surface area contributed by atoms with Crippen molar-refractivity contribution in [2.75, 3.05) is 46.0 Å². The van der Waals surface area contributed by atoms with Gasteiger partial charge in [0.15, 0.2) is 6.10 Å². The third kappa shape index (κ3) is 40.9. The Morgan fingerprint density at radius 3 is 1.33 bits per heavy atom. The van der Waals surface area contributed by atoms with Crippen LogP contribution < -0.4 is 12.4 Å². The Morgan fingerprint density at radius 2 is 0.953 bits per heavy atom. The smallest absolute Gasteiger partial charge is 0.499 e. The number of nitriles is 1. The molecule has 0 aliphatic carbocycles. The summed E-state index contributed by atoms with van der Waals surface area (Å²) in [6.45, 7) is 13.2. The van der Waals surface area contributed by atoms with Crippen LogP contribution in [0, 0.1) is 11.3 Å². The number of carbonyl (C=O) groups is 2. The Balaban J connectivity index is 0. The topological polar surface area (TPSA) is 151 Å². The molecule has 1 N–H and O–H groups in total. The van der Waals surface area contributed by atoms with Gasteiger partial charge in [-0.25, -0.2) is 4.57 Å². The first kappa shape index (κ1) is 64.8. The van der Waals surface area contributed by atoms with Crippen molar-refractivity contribution in [2.24, 2.45) is 0 Å². The van der Waals surface area contributed by atoms with Gasteiger partial charge in [0.1, 0.15) is 19.8 Å². The normalized spacial score (nSPS) is 13.5. The second-order valence-corrected chi connectivity index (χ2v) is 19.2. The highest BCUT2D eigenvalue weighted by molar-refractivity contribution is 7.47. The van der Waals surface area contributed by atoms with Crippen molar-refractivity contribution >= 4 is 19.8 Å². The summed E-state index contributed by atoms with van der Waals surface area (Å²) in [4.78, 5) is 40.9. The van der Waals surface area contributed by atoms with Crippen LogP contribution in [0.25, 0.3) is 0 Å². The van der Waals surface area contributed by atoms with Gasteiger partial charge in [-0.3, -0.25) is 14.1 Å². The van der Waals surface area contributed by atoms with Gasteiger partial charge >= 0.3 is 19.8 Å². The van der Waals surface area contributed by atoms with Crippen molar-refractivity contribution in [1.29, 1.82) is 5.26 Å². The van der Waals surface area contributed by atoms with Crippen LogP contribution >= 0.6 is 7.82 Å². The zero-order valence-electron chi connectivity index (χ0n) is 41.8. The zero-order valence-corrected chi connectivity index (χ0v) is 43.4. The molecule has 0 aromatic heterocycles. The van der Waals surface area contributed by atoms with Gasteiger partial charge in [0.25, 0.3) is 0 Å². The first-order valence-corrected chi connectivity index (χ1v) is 27.6. The van der Waals surface area contributed by atoms with E-state index in [1.54, 1.807) is 0 Å². The standard InChI is InChI=1S/C50H97N2O10P.ClH/c1-6-11-13-15-17-19-21-23-25-27-29-31-33-35-37-39-48(53)57-45-47(60-49(54)40-38-36-34-32-30-28-26-24-22-20-18-16-14-12-7-2)46-58-50(41-42-51)61-62-63(55,56)59-44-43-52(8-3,9-4)10-5;/h47,50H,6-41,43-46H2,1-5H3;1H. The summed E-state index contributed by atoms with van der Waals surface area (Å²) in [6.07, 6.45) is 34.8. The van der Waals surface area contributed by atoms with Crippen molar-refractivity contribution in [3.05, 3.63) is 0 Å². The molecule has 0 aromatic rings. The lowest BCUT2D eigenvalue weighted by atomic mass is 10.0. The lowest BCUT2D eigenvalue weighted by Gasteiger charge is -2.35. The van der Waals surface area contributed by atoms with Gasteiger partial charge in [-0.2, -0.15) is 10.1 Å². The second kappa shape index (κ2) is 46.8. The molecule has 0 saturated heterocycles. The van der Waals surface area contributed by atoms with E-state index in [-0.39, 0.29) is 57.5 Å². The molecular weight excluding hydrogens is 855 g/mol. The average molecular weight is 954 g/mol. The van der Waals surface area contributed by atoms with E-state index < -0.39 is 26.2 Å². The highest BCUT2D eigenvalue weighted by Gasteiger charge is 2.29. The fourth-order valence-electron chi connectivity index (χ4n) is 7.93. The fraction of sp³-hybridized carbons (Fsp3) is 0.940. The lowest BCUT2D eigenvalue weighted by Crippen LogP contribution is -3.00. The van der Waals surface area contributed by atoms with Gasteiger partial charge in [-0.15, -0.1) is 4.67 Å². The van der Waals surface area contributed by atoms with Crippen LogP contribution in [-0.4, -0.2) is 79.7 Å². The summed E-state index contributed by atoms with van der Waals surface area (Å²) in [6, 6.07) is 1.90. The van der Waals surface area contributed by atoms with Crippen LogP contribution in [0.5, 0.6) is 0 Å². The number of likely N-dealkylation sites (N-methyl/N-ethyl adjacent to an activating group) is 1. The molecule has 0 aliphatic rings. The van der Waals surface area contributed by atoms with Crippen LogP contribution in [-0.2, 0) is 42.5 Å². The number of quaternary nitrogens is 1. The first-order valence-electron chi connectivity index (χ1n) is 26.1. The minimum atomic E-state index is -4.63. The number of esters is 2.